The molecule has 2 heterocycles. The highest BCUT2D eigenvalue weighted by Gasteiger charge is 2.11. The maximum Gasteiger partial charge on any atom is 0.354 e. The van der Waals surface area contributed by atoms with Gasteiger partial charge in [0.05, 0.1) is 5.69 Å². The molecule has 2 rings (SSSR count). The van der Waals surface area contributed by atoms with Gasteiger partial charge in [-0.25, -0.2) is 9.78 Å². The second-order valence-electron chi connectivity index (χ2n) is 2.57. The molecule has 0 aliphatic carbocycles. The molecule has 0 aromatic heterocycles. The summed E-state index contributed by atoms with van der Waals surface area (Å²) in [6.07, 6.45) is 3.19. The van der Waals surface area contributed by atoms with Crippen LogP contribution in [0.15, 0.2) is 30.6 Å². The van der Waals surface area contributed by atoms with E-state index in [9.17, 15) is 4.79 Å². The van der Waals surface area contributed by atoms with Gasteiger partial charge in [0, 0.05) is 18.0 Å². The van der Waals surface area contributed by atoms with Gasteiger partial charge >= 0.3 is 5.97 Å². The number of aromatic carboxylic acids is 1. The Morgan fingerprint density at radius 2 is 2.00 bits per heavy atom. The van der Waals surface area contributed by atoms with Crippen LogP contribution in [0.2, 0.25) is 0 Å². The predicted molar refractivity (Wildman–Crippen MR) is 52.9 cm³/mol. The lowest BCUT2D eigenvalue weighted by Crippen LogP contribution is -1.94. The fraction of sp³-hybridized carbons (Fsp3) is 0. The summed E-state index contributed by atoms with van der Waals surface area (Å²) in [6, 6.07) is 4.94. The summed E-state index contributed by atoms with van der Waals surface area (Å²) in [5.41, 5.74) is 1.51. The van der Waals surface area contributed by atoms with E-state index in [2.05, 4.69) is 9.97 Å². The fourth-order valence-corrected chi connectivity index (χ4v) is 1.11. The molecule has 0 aromatic rings. The molecule has 72 valence electrons. The zero-order chi connectivity index (χ0) is 9.26. The molecule has 2 aliphatic rings. The summed E-state index contributed by atoms with van der Waals surface area (Å²) in [5, 5.41) is 8.67. The molecule has 0 saturated heterocycles. The van der Waals surface area contributed by atoms with Crippen LogP contribution in [-0.2, 0) is 0 Å². The van der Waals surface area contributed by atoms with Gasteiger partial charge in [0.25, 0.3) is 0 Å². The number of hydrogen-bond donors (Lipinski definition) is 1. The molecular weight excluding hydrogens is 204 g/mol. The average molecular weight is 211 g/mol. The predicted octanol–water partition coefficient (Wildman–Crippen LogP) is 1.70. The highest BCUT2D eigenvalue weighted by atomic mass is 35.5. The summed E-state index contributed by atoms with van der Waals surface area (Å²) in [7, 11) is 0. The molecular formula is C9H7ClN2O2. The Bertz CT molecular complexity index is 402. The normalized spacial score (nSPS) is 9.43. The molecule has 0 saturated carbocycles. The minimum atomic E-state index is -1.01. The monoisotopic (exact) mass is 210 g/mol. The Morgan fingerprint density at radius 3 is 2.71 bits per heavy atom. The molecule has 0 bridgehead atoms. The van der Waals surface area contributed by atoms with E-state index in [1.165, 1.54) is 6.07 Å². The first-order valence-electron chi connectivity index (χ1n) is 3.71. The van der Waals surface area contributed by atoms with Crippen LogP contribution < -0.4 is 0 Å². The van der Waals surface area contributed by atoms with Crippen molar-refractivity contribution < 1.29 is 9.90 Å². The van der Waals surface area contributed by atoms with Gasteiger partial charge in [0.2, 0.25) is 0 Å². The van der Waals surface area contributed by atoms with E-state index in [1.807, 2.05) is 0 Å². The number of carboxylic acid groups (broad SMARTS) is 1. The standard InChI is InChI=1S/C9H6N2O2.ClH/c12-9(13)8-5-6-1-3-10-4-2-7(6)11-8;/h1-5H,(H,12,13);1H. The minimum absolute atomic E-state index is 0. The quantitative estimate of drug-likeness (QED) is 0.778. The first-order valence-corrected chi connectivity index (χ1v) is 3.71. The van der Waals surface area contributed by atoms with E-state index in [4.69, 9.17) is 5.11 Å². The van der Waals surface area contributed by atoms with E-state index < -0.39 is 5.97 Å². The summed E-state index contributed by atoms with van der Waals surface area (Å²) in [6.45, 7) is 0. The van der Waals surface area contributed by atoms with Crippen LogP contribution in [0.5, 0.6) is 0 Å². The molecule has 0 spiro atoms. The van der Waals surface area contributed by atoms with Gasteiger partial charge in [-0.2, -0.15) is 0 Å². The molecule has 2 aliphatic heterocycles. The largest absolute Gasteiger partial charge is 0.477 e. The van der Waals surface area contributed by atoms with Crippen molar-refractivity contribution in [3.05, 3.63) is 36.3 Å². The summed E-state index contributed by atoms with van der Waals surface area (Å²) in [5.74, 6) is -1.01. The Hall–Kier alpha value is -1.68. The zero-order valence-electron chi connectivity index (χ0n) is 7.04. The third kappa shape index (κ3) is 1.80. The van der Waals surface area contributed by atoms with Gasteiger partial charge < -0.3 is 5.11 Å². The van der Waals surface area contributed by atoms with Crippen molar-refractivity contribution in [3.8, 4) is 11.3 Å². The lowest BCUT2D eigenvalue weighted by atomic mass is 10.2. The number of aromatic nitrogens is 2. The van der Waals surface area contributed by atoms with E-state index >= 15 is 0 Å². The fourth-order valence-electron chi connectivity index (χ4n) is 1.11. The SMILES string of the molecule is Cl.O=C(O)c1cc2ccnccc-2n1. The van der Waals surface area contributed by atoms with Crippen molar-refractivity contribution in [1.29, 1.82) is 0 Å². The van der Waals surface area contributed by atoms with Gasteiger partial charge in [-0.3, -0.25) is 4.98 Å². The van der Waals surface area contributed by atoms with Crippen LogP contribution in [0.1, 0.15) is 10.5 Å². The minimum Gasteiger partial charge on any atom is -0.477 e. The highest BCUT2D eigenvalue weighted by molar-refractivity contribution is 5.88. The maximum absolute atomic E-state index is 10.6. The second-order valence-corrected chi connectivity index (χ2v) is 2.57. The van der Waals surface area contributed by atoms with Gasteiger partial charge in [-0.05, 0) is 18.2 Å². The van der Waals surface area contributed by atoms with E-state index in [0.717, 1.165) is 5.56 Å². The third-order valence-electron chi connectivity index (χ3n) is 1.71. The third-order valence-corrected chi connectivity index (χ3v) is 1.71. The van der Waals surface area contributed by atoms with Crippen molar-refractivity contribution in [1.82, 2.24) is 9.97 Å². The van der Waals surface area contributed by atoms with Crippen LogP contribution >= 0.6 is 12.4 Å². The van der Waals surface area contributed by atoms with Gasteiger partial charge in [-0.1, -0.05) is 0 Å². The van der Waals surface area contributed by atoms with Gasteiger partial charge in [0.15, 0.2) is 0 Å². The number of carboxylic acids is 1. The number of fused-ring (bicyclic) bond motifs is 1. The van der Waals surface area contributed by atoms with Gasteiger partial charge in [-0.15, -0.1) is 12.4 Å². The molecule has 0 unspecified atom stereocenters. The topological polar surface area (TPSA) is 63.1 Å². The number of carbonyl (C=O) groups is 1. The Morgan fingerprint density at radius 1 is 1.29 bits per heavy atom. The Kier molecular flexibility index (Phi) is 2.99. The molecule has 0 radical (unpaired) electrons. The summed E-state index contributed by atoms with van der Waals surface area (Å²) in [4.78, 5) is 18.4. The van der Waals surface area contributed by atoms with Crippen LogP contribution in [-0.4, -0.2) is 21.0 Å². The first kappa shape index (κ1) is 10.4. The van der Waals surface area contributed by atoms with E-state index in [1.54, 1.807) is 24.5 Å². The lowest BCUT2D eigenvalue weighted by Gasteiger charge is -1.83. The molecule has 14 heavy (non-hydrogen) atoms. The number of halogens is 1. The van der Waals surface area contributed by atoms with Crippen molar-refractivity contribution >= 4 is 18.4 Å². The van der Waals surface area contributed by atoms with Crippen LogP contribution in [0.3, 0.4) is 0 Å². The first-order chi connectivity index (χ1) is 6.27. The van der Waals surface area contributed by atoms with Crippen molar-refractivity contribution in [2.75, 3.05) is 0 Å². The molecule has 5 heteroatoms. The van der Waals surface area contributed by atoms with Crippen LogP contribution in [0.25, 0.3) is 11.3 Å². The van der Waals surface area contributed by atoms with Crippen molar-refractivity contribution in [2.24, 2.45) is 0 Å². The number of nitrogens with zero attached hydrogens (tertiary/aromatic N) is 2. The molecule has 0 aromatic carbocycles. The van der Waals surface area contributed by atoms with E-state index in [-0.39, 0.29) is 18.1 Å². The summed E-state index contributed by atoms with van der Waals surface area (Å²) >= 11 is 0. The number of hydrogen-bond acceptors (Lipinski definition) is 3. The number of rotatable bonds is 1. The average Bonchev–Trinajstić information content (AvgIpc) is 2.38. The smallest absolute Gasteiger partial charge is 0.354 e. The second kappa shape index (κ2) is 4.02. The maximum atomic E-state index is 10.6. The highest BCUT2D eigenvalue weighted by Crippen LogP contribution is 2.19. The molecule has 0 fully saturated rings. The van der Waals surface area contributed by atoms with Crippen molar-refractivity contribution in [2.45, 2.75) is 0 Å². The van der Waals surface area contributed by atoms with E-state index in [0.29, 0.717) is 5.69 Å². The van der Waals surface area contributed by atoms with Crippen molar-refractivity contribution in [3.63, 3.8) is 0 Å². The van der Waals surface area contributed by atoms with Crippen LogP contribution in [0.4, 0.5) is 0 Å². The Labute approximate surface area is 86.4 Å². The van der Waals surface area contributed by atoms with Gasteiger partial charge in [0.1, 0.15) is 5.69 Å². The molecule has 0 amide bonds. The lowest BCUT2D eigenvalue weighted by molar-refractivity contribution is 0.0691. The summed E-state index contributed by atoms with van der Waals surface area (Å²) < 4.78 is 0. The van der Waals surface area contributed by atoms with Crippen LogP contribution in [0, 0.1) is 0 Å². The molecule has 4 nitrogen and oxygen atoms in total. The molecule has 0 atom stereocenters. The molecule has 1 N–H and O–H groups in total. The zero-order valence-corrected chi connectivity index (χ0v) is 7.86. The Balaban J connectivity index is 0.000000980.